The predicted octanol–water partition coefficient (Wildman–Crippen LogP) is 2.19. The number of hydrogen-bond acceptors (Lipinski definition) is 5. The minimum Gasteiger partial charge on any atom is -0.382 e. The minimum absolute atomic E-state index is 0.127. The average molecular weight is 358 g/mol. The van der Waals surface area contributed by atoms with Gasteiger partial charge in [0.05, 0.1) is 43.2 Å². The molecule has 1 N–H and O–H groups in total. The SMILES string of the molecule is COCCOC1CCC(NC(=O)c2cccc(-c3cncn3C)n2)CC1. The molecule has 0 aliphatic heterocycles. The van der Waals surface area contributed by atoms with Crippen LogP contribution in [0.25, 0.3) is 11.4 Å². The molecule has 0 spiro atoms. The molecule has 1 saturated carbocycles. The predicted molar refractivity (Wildman–Crippen MR) is 97.8 cm³/mol. The lowest BCUT2D eigenvalue weighted by Gasteiger charge is -2.29. The average Bonchev–Trinajstić information content (AvgIpc) is 3.09. The third-order valence-corrected chi connectivity index (χ3v) is 4.71. The first-order valence-electron chi connectivity index (χ1n) is 9.02. The Balaban J connectivity index is 1.54. The van der Waals surface area contributed by atoms with E-state index >= 15 is 0 Å². The number of aromatic nitrogens is 3. The number of pyridine rings is 1. The molecule has 0 bridgehead atoms. The van der Waals surface area contributed by atoms with Crippen molar-refractivity contribution in [3.05, 3.63) is 36.4 Å². The van der Waals surface area contributed by atoms with Crippen LogP contribution in [-0.2, 0) is 16.5 Å². The molecule has 0 saturated heterocycles. The number of ether oxygens (including phenoxy) is 2. The third-order valence-electron chi connectivity index (χ3n) is 4.71. The van der Waals surface area contributed by atoms with E-state index in [1.54, 1.807) is 25.7 Å². The fraction of sp³-hybridized carbons (Fsp3) is 0.526. The van der Waals surface area contributed by atoms with E-state index in [-0.39, 0.29) is 18.1 Å². The second kappa shape index (κ2) is 8.91. The molecule has 0 radical (unpaired) electrons. The zero-order valence-corrected chi connectivity index (χ0v) is 15.4. The van der Waals surface area contributed by atoms with Crippen molar-refractivity contribution in [1.82, 2.24) is 19.9 Å². The summed E-state index contributed by atoms with van der Waals surface area (Å²) in [5.74, 6) is -0.127. The van der Waals surface area contributed by atoms with Gasteiger partial charge in [0.1, 0.15) is 5.69 Å². The van der Waals surface area contributed by atoms with Gasteiger partial charge in [-0.15, -0.1) is 0 Å². The standard InChI is InChI=1S/C19H26N4O3/c1-23-13-20-12-18(23)16-4-3-5-17(22-16)19(24)21-14-6-8-15(9-7-14)26-11-10-25-2/h3-5,12-15H,6-11H2,1-2H3,(H,21,24). The van der Waals surface area contributed by atoms with E-state index in [1.807, 2.05) is 23.7 Å². The van der Waals surface area contributed by atoms with Crippen LogP contribution in [0.15, 0.2) is 30.7 Å². The quantitative estimate of drug-likeness (QED) is 0.768. The van der Waals surface area contributed by atoms with Gasteiger partial charge in [-0.25, -0.2) is 9.97 Å². The van der Waals surface area contributed by atoms with Crippen molar-refractivity contribution in [3.8, 4) is 11.4 Å². The number of nitrogens with zero attached hydrogens (tertiary/aromatic N) is 3. The monoisotopic (exact) mass is 358 g/mol. The number of rotatable bonds is 7. The van der Waals surface area contributed by atoms with E-state index in [1.165, 1.54) is 0 Å². The van der Waals surface area contributed by atoms with Gasteiger partial charge in [-0.3, -0.25) is 4.79 Å². The number of aryl methyl sites for hydroxylation is 1. The van der Waals surface area contributed by atoms with Crippen molar-refractivity contribution in [3.63, 3.8) is 0 Å². The van der Waals surface area contributed by atoms with Gasteiger partial charge in [0.2, 0.25) is 0 Å². The van der Waals surface area contributed by atoms with Gasteiger partial charge >= 0.3 is 0 Å². The summed E-state index contributed by atoms with van der Waals surface area (Å²) in [5, 5.41) is 3.11. The molecule has 1 aliphatic carbocycles. The largest absolute Gasteiger partial charge is 0.382 e. The van der Waals surface area contributed by atoms with E-state index in [9.17, 15) is 4.79 Å². The molecule has 2 heterocycles. The van der Waals surface area contributed by atoms with Crippen molar-refractivity contribution >= 4 is 5.91 Å². The van der Waals surface area contributed by atoms with Gasteiger partial charge in [-0.2, -0.15) is 0 Å². The smallest absolute Gasteiger partial charge is 0.270 e. The van der Waals surface area contributed by atoms with Crippen molar-refractivity contribution in [2.45, 2.75) is 37.8 Å². The minimum atomic E-state index is -0.127. The van der Waals surface area contributed by atoms with Crippen LogP contribution < -0.4 is 5.32 Å². The van der Waals surface area contributed by atoms with Crippen LogP contribution in [0.1, 0.15) is 36.2 Å². The molecule has 7 heteroatoms. The van der Waals surface area contributed by atoms with Gasteiger partial charge in [0.15, 0.2) is 0 Å². The van der Waals surface area contributed by atoms with Crippen LogP contribution in [-0.4, -0.2) is 52.9 Å². The third kappa shape index (κ3) is 4.68. The topological polar surface area (TPSA) is 78.3 Å². The van der Waals surface area contributed by atoms with E-state index in [2.05, 4.69) is 15.3 Å². The molecular formula is C19H26N4O3. The molecule has 3 rings (SSSR count). The van der Waals surface area contributed by atoms with Gasteiger partial charge < -0.3 is 19.4 Å². The lowest BCUT2D eigenvalue weighted by molar-refractivity contribution is -0.00409. The Hall–Kier alpha value is -2.25. The number of amides is 1. The van der Waals surface area contributed by atoms with Crippen LogP contribution in [0.5, 0.6) is 0 Å². The maximum absolute atomic E-state index is 12.6. The Morgan fingerprint density at radius 3 is 2.77 bits per heavy atom. The first-order chi connectivity index (χ1) is 12.7. The first-order valence-corrected chi connectivity index (χ1v) is 9.02. The van der Waals surface area contributed by atoms with Crippen molar-refractivity contribution in [1.29, 1.82) is 0 Å². The highest BCUT2D eigenvalue weighted by Gasteiger charge is 2.23. The molecule has 2 aromatic heterocycles. The number of imidazole rings is 1. The summed E-state index contributed by atoms with van der Waals surface area (Å²) in [7, 11) is 3.58. The van der Waals surface area contributed by atoms with Gasteiger partial charge in [0.25, 0.3) is 5.91 Å². The summed E-state index contributed by atoms with van der Waals surface area (Å²) in [4.78, 5) is 21.2. The van der Waals surface area contributed by atoms with E-state index < -0.39 is 0 Å². The molecule has 1 amide bonds. The lowest BCUT2D eigenvalue weighted by Crippen LogP contribution is -2.39. The first kappa shape index (κ1) is 18.5. The Bertz CT molecular complexity index is 723. The zero-order valence-electron chi connectivity index (χ0n) is 15.4. The maximum Gasteiger partial charge on any atom is 0.270 e. The summed E-state index contributed by atoms with van der Waals surface area (Å²) in [6, 6.07) is 5.66. The van der Waals surface area contributed by atoms with Crippen molar-refractivity contribution in [2.75, 3.05) is 20.3 Å². The highest BCUT2D eigenvalue weighted by molar-refractivity contribution is 5.93. The zero-order chi connectivity index (χ0) is 18.4. The lowest BCUT2D eigenvalue weighted by atomic mass is 9.93. The second-order valence-corrected chi connectivity index (χ2v) is 6.61. The number of carbonyl (C=O) groups is 1. The molecular weight excluding hydrogens is 332 g/mol. The number of carbonyl (C=O) groups excluding carboxylic acids is 1. The molecule has 26 heavy (non-hydrogen) atoms. The number of nitrogens with one attached hydrogen (secondary N) is 1. The second-order valence-electron chi connectivity index (χ2n) is 6.61. The molecule has 140 valence electrons. The molecule has 1 aliphatic rings. The molecule has 1 fully saturated rings. The van der Waals surface area contributed by atoms with E-state index in [4.69, 9.17) is 9.47 Å². The van der Waals surface area contributed by atoms with Crippen LogP contribution in [0.3, 0.4) is 0 Å². The van der Waals surface area contributed by atoms with Gasteiger partial charge in [-0.05, 0) is 37.8 Å². The summed E-state index contributed by atoms with van der Waals surface area (Å²) >= 11 is 0. The Kier molecular flexibility index (Phi) is 6.35. The number of hydrogen-bond donors (Lipinski definition) is 1. The molecule has 7 nitrogen and oxygen atoms in total. The normalized spacial score (nSPS) is 20.1. The fourth-order valence-electron chi connectivity index (χ4n) is 3.24. The van der Waals surface area contributed by atoms with Crippen LogP contribution in [0.2, 0.25) is 0 Å². The number of methoxy groups -OCH3 is 1. The highest BCUT2D eigenvalue weighted by Crippen LogP contribution is 2.22. The Morgan fingerprint density at radius 2 is 2.08 bits per heavy atom. The van der Waals surface area contributed by atoms with Crippen LogP contribution in [0, 0.1) is 0 Å². The molecule has 0 atom stereocenters. The summed E-state index contributed by atoms with van der Waals surface area (Å²) in [5.41, 5.74) is 2.06. The van der Waals surface area contributed by atoms with Crippen molar-refractivity contribution < 1.29 is 14.3 Å². The van der Waals surface area contributed by atoms with Gasteiger partial charge in [-0.1, -0.05) is 6.07 Å². The summed E-state index contributed by atoms with van der Waals surface area (Å²) in [6.07, 6.45) is 7.49. The van der Waals surface area contributed by atoms with E-state index in [0.29, 0.717) is 18.9 Å². The Labute approximate surface area is 153 Å². The fourth-order valence-corrected chi connectivity index (χ4v) is 3.24. The highest BCUT2D eigenvalue weighted by atomic mass is 16.5. The molecule has 0 unspecified atom stereocenters. The maximum atomic E-state index is 12.6. The summed E-state index contributed by atoms with van der Waals surface area (Å²) < 4.78 is 12.7. The van der Waals surface area contributed by atoms with Crippen LogP contribution >= 0.6 is 0 Å². The van der Waals surface area contributed by atoms with E-state index in [0.717, 1.165) is 37.1 Å². The van der Waals surface area contributed by atoms with Crippen LogP contribution in [0.4, 0.5) is 0 Å². The molecule has 2 aromatic rings. The Morgan fingerprint density at radius 1 is 1.27 bits per heavy atom. The van der Waals surface area contributed by atoms with Crippen molar-refractivity contribution in [2.24, 2.45) is 7.05 Å². The summed E-state index contributed by atoms with van der Waals surface area (Å²) in [6.45, 7) is 1.25. The molecule has 0 aromatic carbocycles. The van der Waals surface area contributed by atoms with Gasteiger partial charge in [0, 0.05) is 20.2 Å².